The van der Waals surface area contributed by atoms with Gasteiger partial charge in [-0.15, -0.1) is 0 Å². The normalized spacial score (nSPS) is 18.3. The van der Waals surface area contributed by atoms with Crippen LogP contribution in [0.25, 0.3) is 0 Å². The third kappa shape index (κ3) is 4.48. The molecule has 35 heavy (non-hydrogen) atoms. The van der Waals surface area contributed by atoms with Gasteiger partial charge in [-0.3, -0.25) is 0 Å². The fourth-order valence-corrected chi connectivity index (χ4v) is 5.96. The Morgan fingerprint density at radius 3 is 2.34 bits per heavy atom. The van der Waals surface area contributed by atoms with Crippen molar-refractivity contribution in [3.8, 4) is 11.5 Å². The van der Waals surface area contributed by atoms with E-state index in [1.165, 1.54) is 0 Å². The second kappa shape index (κ2) is 9.51. The summed E-state index contributed by atoms with van der Waals surface area (Å²) >= 11 is 7.36. The van der Waals surface area contributed by atoms with E-state index in [4.69, 9.17) is 14.6 Å². The smallest absolute Gasteiger partial charge is 0.213 e. The Bertz CT molecular complexity index is 1380. The van der Waals surface area contributed by atoms with E-state index in [9.17, 15) is 0 Å². The van der Waals surface area contributed by atoms with Crippen molar-refractivity contribution in [2.24, 2.45) is 5.10 Å². The van der Waals surface area contributed by atoms with Crippen molar-refractivity contribution in [3.63, 3.8) is 0 Å². The van der Waals surface area contributed by atoms with Crippen LogP contribution in [0, 0.1) is 0 Å². The molecule has 2 heterocycles. The van der Waals surface area contributed by atoms with E-state index in [1.807, 2.05) is 42.5 Å². The van der Waals surface area contributed by atoms with Crippen molar-refractivity contribution >= 4 is 37.6 Å². The first-order valence-corrected chi connectivity index (χ1v) is 13.1. The number of hydrogen-bond donors (Lipinski definition) is 0. The summed E-state index contributed by atoms with van der Waals surface area (Å²) in [4.78, 5) is 0. The molecule has 0 spiro atoms. The summed E-state index contributed by atoms with van der Waals surface area (Å²) in [5.74, 6) is 1.69. The number of benzene rings is 4. The summed E-state index contributed by atoms with van der Waals surface area (Å²) in [5.41, 5.74) is 5.50. The highest BCUT2D eigenvalue weighted by molar-refractivity contribution is 9.11. The van der Waals surface area contributed by atoms with Gasteiger partial charge in [-0.05, 0) is 63.5 Å². The molecule has 0 saturated heterocycles. The van der Waals surface area contributed by atoms with Gasteiger partial charge in [-0.25, -0.2) is 5.01 Å². The lowest BCUT2D eigenvalue weighted by Gasteiger charge is -2.38. The van der Waals surface area contributed by atoms with Gasteiger partial charge in [-0.1, -0.05) is 76.6 Å². The van der Waals surface area contributed by atoms with Crippen molar-refractivity contribution in [1.82, 2.24) is 5.01 Å². The number of rotatable bonds is 5. The van der Waals surface area contributed by atoms with Crippen LogP contribution >= 0.6 is 31.9 Å². The highest BCUT2D eigenvalue weighted by Crippen LogP contribution is 2.50. The molecule has 0 unspecified atom stereocenters. The van der Waals surface area contributed by atoms with E-state index >= 15 is 0 Å². The molecule has 0 aromatic heterocycles. The van der Waals surface area contributed by atoms with Gasteiger partial charge >= 0.3 is 0 Å². The lowest BCUT2D eigenvalue weighted by molar-refractivity contribution is -0.0197. The fourth-order valence-electron chi connectivity index (χ4n) is 4.61. The van der Waals surface area contributed by atoms with Crippen LogP contribution in [0.15, 0.2) is 111 Å². The molecule has 0 amide bonds. The molecule has 2 aliphatic rings. The minimum absolute atomic E-state index is 0.0850. The van der Waals surface area contributed by atoms with Crippen LogP contribution in [-0.2, 0) is 6.61 Å². The first kappa shape index (κ1) is 22.4. The standard InChI is InChI=1S/C29H22Br2N2O2/c30-22-15-24-27-17-26(20-9-5-2-6-10-20)32-33(27)29(35-28(24)25(31)16-22)21-11-13-23(14-12-21)34-18-19-7-3-1-4-8-19/h1-16,27,29H,17-18H2/t27-,29-/m0/s1. The second-order valence-corrected chi connectivity index (χ2v) is 10.4. The molecule has 4 aromatic carbocycles. The zero-order chi connectivity index (χ0) is 23.8. The molecule has 0 aliphatic carbocycles. The zero-order valence-electron chi connectivity index (χ0n) is 18.8. The largest absolute Gasteiger partial charge is 0.489 e. The Labute approximate surface area is 221 Å². The van der Waals surface area contributed by atoms with Crippen molar-refractivity contribution in [2.45, 2.75) is 25.3 Å². The molecular formula is C29H22Br2N2O2. The third-order valence-corrected chi connectivity index (χ3v) is 7.38. The monoisotopic (exact) mass is 588 g/mol. The fraction of sp³-hybridized carbons (Fsp3) is 0.138. The van der Waals surface area contributed by atoms with E-state index in [-0.39, 0.29) is 12.3 Å². The molecule has 0 N–H and O–H groups in total. The predicted molar refractivity (Wildman–Crippen MR) is 145 cm³/mol. The van der Waals surface area contributed by atoms with Gasteiger partial charge in [0.2, 0.25) is 6.23 Å². The highest BCUT2D eigenvalue weighted by Gasteiger charge is 2.41. The Morgan fingerprint density at radius 1 is 0.886 bits per heavy atom. The van der Waals surface area contributed by atoms with Crippen LogP contribution in [0.2, 0.25) is 0 Å². The van der Waals surface area contributed by atoms with E-state index in [2.05, 4.69) is 91.5 Å². The van der Waals surface area contributed by atoms with E-state index < -0.39 is 0 Å². The Morgan fingerprint density at radius 2 is 1.60 bits per heavy atom. The first-order chi connectivity index (χ1) is 17.2. The minimum atomic E-state index is -0.339. The summed E-state index contributed by atoms with van der Waals surface area (Å²) in [6, 6.07) is 32.9. The number of halogens is 2. The average molecular weight is 590 g/mol. The average Bonchev–Trinajstić information content (AvgIpc) is 3.35. The number of ether oxygens (including phenoxy) is 2. The highest BCUT2D eigenvalue weighted by atomic mass is 79.9. The van der Waals surface area contributed by atoms with Gasteiger partial charge in [0.05, 0.1) is 16.2 Å². The molecule has 4 nitrogen and oxygen atoms in total. The van der Waals surface area contributed by atoms with Crippen molar-refractivity contribution < 1.29 is 9.47 Å². The number of nitrogens with zero attached hydrogens (tertiary/aromatic N) is 2. The first-order valence-electron chi connectivity index (χ1n) is 11.5. The van der Waals surface area contributed by atoms with Crippen LogP contribution in [0.5, 0.6) is 11.5 Å². The summed E-state index contributed by atoms with van der Waals surface area (Å²) in [6.07, 6.45) is 0.479. The van der Waals surface area contributed by atoms with Crippen molar-refractivity contribution in [1.29, 1.82) is 0 Å². The molecule has 174 valence electrons. The molecule has 0 bridgehead atoms. The van der Waals surface area contributed by atoms with Gasteiger partial charge in [0.25, 0.3) is 0 Å². The molecular weight excluding hydrogens is 568 g/mol. The number of hydrazone groups is 1. The van der Waals surface area contributed by atoms with Gasteiger partial charge < -0.3 is 9.47 Å². The SMILES string of the molecule is Brc1cc(Br)c2c(c1)[C@@H]1CC(c3ccccc3)=NN1[C@H](c1ccc(OCc3ccccc3)cc1)O2. The van der Waals surface area contributed by atoms with Crippen molar-refractivity contribution in [3.05, 3.63) is 128 Å². The molecule has 4 aromatic rings. The summed E-state index contributed by atoms with van der Waals surface area (Å²) in [5, 5.41) is 7.16. The van der Waals surface area contributed by atoms with Gasteiger partial charge in [0, 0.05) is 22.0 Å². The molecule has 0 fully saturated rings. The Hall–Kier alpha value is -3.09. The molecule has 0 radical (unpaired) electrons. The van der Waals surface area contributed by atoms with E-state index in [1.54, 1.807) is 0 Å². The molecule has 6 rings (SSSR count). The third-order valence-electron chi connectivity index (χ3n) is 6.33. The maximum Gasteiger partial charge on any atom is 0.213 e. The van der Waals surface area contributed by atoms with Crippen molar-refractivity contribution in [2.75, 3.05) is 0 Å². The molecule has 2 atom stereocenters. The summed E-state index contributed by atoms with van der Waals surface area (Å²) in [7, 11) is 0. The van der Waals surface area contributed by atoms with Gasteiger partial charge in [0.15, 0.2) is 0 Å². The van der Waals surface area contributed by atoms with Crippen LogP contribution in [0.1, 0.15) is 40.9 Å². The Kier molecular flexibility index (Phi) is 6.08. The van der Waals surface area contributed by atoms with Crippen LogP contribution in [-0.4, -0.2) is 10.7 Å². The van der Waals surface area contributed by atoms with E-state index in [0.717, 1.165) is 54.8 Å². The van der Waals surface area contributed by atoms with Crippen LogP contribution in [0.3, 0.4) is 0 Å². The lowest BCUT2D eigenvalue weighted by atomic mass is 9.96. The summed E-state index contributed by atoms with van der Waals surface area (Å²) in [6.45, 7) is 0.536. The predicted octanol–water partition coefficient (Wildman–Crippen LogP) is 8.03. The van der Waals surface area contributed by atoms with Gasteiger partial charge in [0.1, 0.15) is 18.1 Å². The van der Waals surface area contributed by atoms with Crippen LogP contribution < -0.4 is 9.47 Å². The summed E-state index contributed by atoms with van der Waals surface area (Å²) < 4.78 is 14.5. The maximum absolute atomic E-state index is 6.58. The number of hydrogen-bond acceptors (Lipinski definition) is 4. The molecule has 2 aliphatic heterocycles. The molecule has 0 saturated carbocycles. The van der Waals surface area contributed by atoms with Crippen LogP contribution in [0.4, 0.5) is 0 Å². The minimum Gasteiger partial charge on any atom is -0.489 e. The second-order valence-electron chi connectivity index (χ2n) is 8.63. The molecule has 6 heteroatoms. The Balaban J connectivity index is 1.32. The quantitative estimate of drug-likeness (QED) is 0.236. The van der Waals surface area contributed by atoms with E-state index in [0.29, 0.717) is 6.61 Å². The van der Waals surface area contributed by atoms with Gasteiger partial charge in [-0.2, -0.15) is 5.10 Å². The number of fused-ring (bicyclic) bond motifs is 3. The lowest BCUT2D eigenvalue weighted by Crippen LogP contribution is -2.33. The zero-order valence-corrected chi connectivity index (χ0v) is 21.9. The topological polar surface area (TPSA) is 34.1 Å². The maximum atomic E-state index is 6.58.